The van der Waals surface area contributed by atoms with Gasteiger partial charge in [-0.2, -0.15) is 0 Å². The van der Waals surface area contributed by atoms with E-state index >= 15 is 0 Å². The Labute approximate surface area is 168 Å². The molecule has 4 rings (SSSR count). The van der Waals surface area contributed by atoms with E-state index in [9.17, 15) is 5.11 Å². The summed E-state index contributed by atoms with van der Waals surface area (Å²) < 4.78 is 0. The van der Waals surface area contributed by atoms with Crippen LogP contribution in [-0.2, 0) is 6.42 Å². The van der Waals surface area contributed by atoms with E-state index in [1.165, 1.54) is 22.4 Å². The third-order valence-corrected chi connectivity index (χ3v) is 6.18. The third kappa shape index (κ3) is 3.88. The molecule has 2 aromatic carbocycles. The number of nitrogens with zero attached hydrogens (tertiary/aromatic N) is 2. The van der Waals surface area contributed by atoms with Gasteiger partial charge in [-0.1, -0.05) is 24.8 Å². The lowest BCUT2D eigenvalue weighted by Gasteiger charge is -2.38. The van der Waals surface area contributed by atoms with Gasteiger partial charge in [-0.05, 0) is 86.5 Å². The van der Waals surface area contributed by atoms with Gasteiger partial charge < -0.3 is 15.7 Å². The van der Waals surface area contributed by atoms with Crippen LogP contribution in [0.1, 0.15) is 41.9 Å². The molecular formula is C24H31N3O. The van der Waals surface area contributed by atoms with Gasteiger partial charge >= 0.3 is 0 Å². The number of anilines is 2. The van der Waals surface area contributed by atoms with Gasteiger partial charge in [-0.3, -0.25) is 4.90 Å². The van der Waals surface area contributed by atoms with Crippen molar-refractivity contribution in [2.75, 3.05) is 36.8 Å². The first-order valence-corrected chi connectivity index (χ1v) is 10.4. The average Bonchev–Trinajstić information content (AvgIpc) is 2.68. The van der Waals surface area contributed by atoms with Crippen LogP contribution in [0.3, 0.4) is 0 Å². The maximum Gasteiger partial charge on any atom is 0.115 e. The number of fused-ring (bicyclic) bond motifs is 1. The number of likely N-dealkylation sites (tertiary alicyclic amines) is 1. The molecular weight excluding hydrogens is 346 g/mol. The van der Waals surface area contributed by atoms with Gasteiger partial charge in [0.2, 0.25) is 0 Å². The van der Waals surface area contributed by atoms with Crippen molar-refractivity contribution in [2.45, 2.75) is 38.5 Å². The van der Waals surface area contributed by atoms with Crippen LogP contribution < -0.4 is 10.6 Å². The fourth-order valence-electron chi connectivity index (χ4n) is 4.81. The monoisotopic (exact) mass is 377 g/mol. The van der Waals surface area contributed by atoms with Gasteiger partial charge in [0.15, 0.2) is 0 Å². The summed E-state index contributed by atoms with van der Waals surface area (Å²) in [4.78, 5) is 4.84. The van der Waals surface area contributed by atoms with Crippen LogP contribution in [0.2, 0.25) is 0 Å². The molecule has 0 saturated carbocycles. The molecule has 0 bridgehead atoms. The Bertz CT molecular complexity index is 868. The molecule has 2 aliphatic heterocycles. The van der Waals surface area contributed by atoms with E-state index in [1.807, 2.05) is 12.1 Å². The van der Waals surface area contributed by atoms with Gasteiger partial charge in [0.1, 0.15) is 5.75 Å². The van der Waals surface area contributed by atoms with Crippen LogP contribution in [0.4, 0.5) is 11.4 Å². The summed E-state index contributed by atoms with van der Waals surface area (Å²) in [6.45, 7) is 10.5. The number of piperidine rings is 1. The Balaban J connectivity index is 1.40. The molecule has 2 heterocycles. The molecule has 1 saturated heterocycles. The predicted molar refractivity (Wildman–Crippen MR) is 117 cm³/mol. The largest absolute Gasteiger partial charge is 0.508 e. The SMILES string of the molecule is C=C(CN1CCC(c2cccc(O)c2)CC1)N1CCCc2cc(C)cc(N)c21. The summed E-state index contributed by atoms with van der Waals surface area (Å²) in [7, 11) is 0. The minimum Gasteiger partial charge on any atom is -0.508 e. The molecule has 0 spiro atoms. The van der Waals surface area contributed by atoms with E-state index in [4.69, 9.17) is 5.73 Å². The Hall–Kier alpha value is -2.46. The van der Waals surface area contributed by atoms with Crippen LogP contribution in [0.15, 0.2) is 48.7 Å². The number of hydrogen-bond donors (Lipinski definition) is 2. The van der Waals surface area contributed by atoms with Crippen LogP contribution in [0, 0.1) is 6.92 Å². The molecule has 148 valence electrons. The summed E-state index contributed by atoms with van der Waals surface area (Å²) in [5, 5.41) is 9.74. The molecule has 0 amide bonds. The topological polar surface area (TPSA) is 52.7 Å². The fraction of sp³-hybridized carbons (Fsp3) is 0.417. The summed E-state index contributed by atoms with van der Waals surface area (Å²) in [6.07, 6.45) is 4.48. The molecule has 3 N–H and O–H groups in total. The highest BCUT2D eigenvalue weighted by Gasteiger charge is 2.25. The first kappa shape index (κ1) is 18.9. The first-order chi connectivity index (χ1) is 13.5. The molecule has 28 heavy (non-hydrogen) atoms. The zero-order valence-corrected chi connectivity index (χ0v) is 16.8. The lowest BCUT2D eigenvalue weighted by molar-refractivity contribution is 0.226. The molecule has 1 fully saturated rings. The lowest BCUT2D eigenvalue weighted by Crippen LogP contribution is -2.39. The normalized spacial score (nSPS) is 18.1. The highest BCUT2D eigenvalue weighted by atomic mass is 16.3. The molecule has 0 aliphatic carbocycles. The Morgan fingerprint density at radius 2 is 1.96 bits per heavy atom. The molecule has 0 unspecified atom stereocenters. The van der Waals surface area contributed by atoms with E-state index in [0.29, 0.717) is 11.7 Å². The van der Waals surface area contributed by atoms with E-state index in [1.54, 1.807) is 6.07 Å². The third-order valence-electron chi connectivity index (χ3n) is 6.18. The van der Waals surface area contributed by atoms with Crippen molar-refractivity contribution in [3.8, 4) is 5.75 Å². The summed E-state index contributed by atoms with van der Waals surface area (Å²) in [5.74, 6) is 0.899. The van der Waals surface area contributed by atoms with Crippen molar-refractivity contribution in [1.29, 1.82) is 0 Å². The van der Waals surface area contributed by atoms with Crippen LogP contribution >= 0.6 is 0 Å². The molecule has 4 nitrogen and oxygen atoms in total. The van der Waals surface area contributed by atoms with Crippen molar-refractivity contribution < 1.29 is 5.11 Å². The van der Waals surface area contributed by atoms with Gasteiger partial charge in [-0.25, -0.2) is 0 Å². The van der Waals surface area contributed by atoms with Crippen molar-refractivity contribution in [1.82, 2.24) is 4.90 Å². The summed E-state index contributed by atoms with van der Waals surface area (Å²) in [6, 6.07) is 12.1. The Kier molecular flexibility index (Phi) is 5.31. The van der Waals surface area contributed by atoms with Gasteiger partial charge in [0.25, 0.3) is 0 Å². The van der Waals surface area contributed by atoms with Gasteiger partial charge in [-0.15, -0.1) is 0 Å². The Morgan fingerprint density at radius 3 is 2.71 bits per heavy atom. The maximum absolute atomic E-state index is 9.74. The maximum atomic E-state index is 9.74. The number of hydrogen-bond acceptors (Lipinski definition) is 4. The minimum atomic E-state index is 0.366. The van der Waals surface area contributed by atoms with E-state index in [-0.39, 0.29) is 0 Å². The number of nitrogen functional groups attached to an aromatic ring is 1. The Morgan fingerprint density at radius 1 is 1.18 bits per heavy atom. The standard InChI is InChI=1S/C24H31N3O/c1-17-13-21-6-4-10-27(24(21)23(25)14-17)18(2)16-26-11-8-19(9-12-26)20-5-3-7-22(28)15-20/h3,5,7,13-15,19,28H,2,4,6,8-12,16,25H2,1H3. The van der Waals surface area contributed by atoms with Crippen molar-refractivity contribution in [3.63, 3.8) is 0 Å². The van der Waals surface area contributed by atoms with E-state index in [2.05, 4.69) is 41.5 Å². The number of phenols is 1. The number of phenolic OH excluding ortho intramolecular Hbond substituents is 1. The van der Waals surface area contributed by atoms with Crippen molar-refractivity contribution >= 4 is 11.4 Å². The van der Waals surface area contributed by atoms with Crippen LogP contribution in [-0.4, -0.2) is 36.2 Å². The smallest absolute Gasteiger partial charge is 0.115 e. The summed E-state index contributed by atoms with van der Waals surface area (Å²) >= 11 is 0. The van der Waals surface area contributed by atoms with Crippen molar-refractivity contribution in [3.05, 3.63) is 65.4 Å². The zero-order chi connectivity index (χ0) is 19.7. The highest BCUT2D eigenvalue weighted by molar-refractivity contribution is 5.75. The second-order valence-corrected chi connectivity index (χ2v) is 8.33. The molecule has 2 aromatic rings. The zero-order valence-electron chi connectivity index (χ0n) is 16.8. The van der Waals surface area contributed by atoms with Gasteiger partial charge in [0, 0.05) is 18.8 Å². The lowest BCUT2D eigenvalue weighted by atomic mass is 9.89. The quantitative estimate of drug-likeness (QED) is 0.774. The number of aryl methyl sites for hydroxylation is 2. The summed E-state index contributed by atoms with van der Waals surface area (Å²) in [5.41, 5.74) is 13.4. The average molecular weight is 378 g/mol. The van der Waals surface area contributed by atoms with Gasteiger partial charge in [0.05, 0.1) is 11.4 Å². The second kappa shape index (κ2) is 7.88. The first-order valence-electron chi connectivity index (χ1n) is 10.4. The molecule has 2 aliphatic rings. The molecule has 4 heteroatoms. The molecule has 0 radical (unpaired) electrons. The van der Waals surface area contributed by atoms with E-state index < -0.39 is 0 Å². The number of benzene rings is 2. The number of rotatable bonds is 4. The fourth-order valence-corrected chi connectivity index (χ4v) is 4.81. The second-order valence-electron chi connectivity index (χ2n) is 8.33. The molecule has 0 atom stereocenters. The predicted octanol–water partition coefficient (Wildman–Crippen LogP) is 4.43. The number of nitrogens with two attached hydrogens (primary N) is 1. The van der Waals surface area contributed by atoms with Crippen LogP contribution in [0.5, 0.6) is 5.75 Å². The molecule has 0 aromatic heterocycles. The van der Waals surface area contributed by atoms with Crippen molar-refractivity contribution in [2.24, 2.45) is 0 Å². The minimum absolute atomic E-state index is 0.366. The number of aromatic hydroxyl groups is 1. The van der Waals surface area contributed by atoms with Crippen LogP contribution in [0.25, 0.3) is 0 Å². The van der Waals surface area contributed by atoms with E-state index in [0.717, 1.165) is 63.2 Å². The highest BCUT2D eigenvalue weighted by Crippen LogP contribution is 2.36.